The Labute approximate surface area is 129 Å². The Morgan fingerprint density at radius 3 is 2.64 bits per heavy atom. The van der Waals surface area contributed by atoms with E-state index < -0.39 is 0 Å². The van der Waals surface area contributed by atoms with Crippen molar-refractivity contribution in [3.63, 3.8) is 0 Å². The highest BCUT2D eigenvalue weighted by atomic mass is 16.5. The number of nitrogens with zero attached hydrogens (tertiary/aromatic N) is 3. The second-order valence-corrected chi connectivity index (χ2v) is 5.36. The molecule has 0 fully saturated rings. The number of aromatic nitrogens is 3. The lowest BCUT2D eigenvalue weighted by Gasteiger charge is -2.17. The highest BCUT2D eigenvalue weighted by Crippen LogP contribution is 2.31. The number of ether oxygens (including phenoxy) is 1. The van der Waals surface area contributed by atoms with Crippen LogP contribution in [0, 0.1) is 0 Å². The lowest BCUT2D eigenvalue weighted by molar-refractivity contribution is 0.419. The van der Waals surface area contributed by atoms with Crippen molar-refractivity contribution in [3.8, 4) is 5.75 Å². The first-order chi connectivity index (χ1) is 10.7. The lowest BCUT2D eigenvalue weighted by atomic mass is 9.99. The predicted molar refractivity (Wildman–Crippen MR) is 86.8 cm³/mol. The molecule has 5 nitrogen and oxygen atoms in total. The zero-order chi connectivity index (χ0) is 15.5. The van der Waals surface area contributed by atoms with Crippen LogP contribution in [-0.2, 0) is 13.6 Å². The Bertz CT molecular complexity index is 781. The van der Waals surface area contributed by atoms with Crippen LogP contribution in [0.2, 0.25) is 0 Å². The van der Waals surface area contributed by atoms with Crippen molar-refractivity contribution in [2.24, 2.45) is 7.05 Å². The number of fused-ring (bicyclic) bond motifs is 1. The Morgan fingerprint density at radius 2 is 1.95 bits per heavy atom. The van der Waals surface area contributed by atoms with Crippen molar-refractivity contribution >= 4 is 10.8 Å². The first-order valence-electron chi connectivity index (χ1n) is 7.32. The lowest BCUT2D eigenvalue weighted by Crippen LogP contribution is -2.20. The van der Waals surface area contributed by atoms with Crippen molar-refractivity contribution in [1.82, 2.24) is 20.1 Å². The summed E-state index contributed by atoms with van der Waals surface area (Å²) in [5.74, 6) is 1.82. The van der Waals surface area contributed by atoms with Gasteiger partial charge >= 0.3 is 0 Å². The van der Waals surface area contributed by atoms with Crippen molar-refractivity contribution < 1.29 is 4.74 Å². The van der Waals surface area contributed by atoms with E-state index >= 15 is 0 Å². The summed E-state index contributed by atoms with van der Waals surface area (Å²) in [6, 6.07) is 12.7. The van der Waals surface area contributed by atoms with Gasteiger partial charge in [-0.05, 0) is 23.9 Å². The van der Waals surface area contributed by atoms with E-state index in [1.165, 1.54) is 10.9 Å². The van der Waals surface area contributed by atoms with Crippen LogP contribution in [0.3, 0.4) is 0 Å². The molecule has 1 heterocycles. The first-order valence-corrected chi connectivity index (χ1v) is 7.32. The molecule has 0 radical (unpaired) electrons. The molecule has 114 valence electrons. The van der Waals surface area contributed by atoms with Crippen LogP contribution in [0.5, 0.6) is 5.75 Å². The number of hydrogen-bond donors (Lipinski definition) is 1. The summed E-state index contributed by atoms with van der Waals surface area (Å²) in [6.45, 7) is 2.84. The number of benzene rings is 2. The summed E-state index contributed by atoms with van der Waals surface area (Å²) in [6.07, 6.45) is 1.71. The van der Waals surface area contributed by atoms with E-state index in [4.69, 9.17) is 4.74 Å². The highest BCUT2D eigenvalue weighted by molar-refractivity contribution is 5.91. The molecule has 0 spiro atoms. The topological polar surface area (TPSA) is 52.0 Å². The molecule has 0 saturated carbocycles. The molecule has 3 aromatic rings. The number of rotatable bonds is 5. The van der Waals surface area contributed by atoms with Crippen LogP contribution in [0.25, 0.3) is 10.8 Å². The Kier molecular flexibility index (Phi) is 4.06. The van der Waals surface area contributed by atoms with Crippen LogP contribution < -0.4 is 10.1 Å². The van der Waals surface area contributed by atoms with E-state index in [9.17, 15) is 0 Å². The molecule has 3 rings (SSSR count). The molecule has 2 aromatic carbocycles. The van der Waals surface area contributed by atoms with Gasteiger partial charge in [0.25, 0.3) is 0 Å². The molecule has 5 heteroatoms. The van der Waals surface area contributed by atoms with E-state index in [1.54, 1.807) is 13.4 Å². The van der Waals surface area contributed by atoms with Crippen LogP contribution in [0.4, 0.5) is 0 Å². The number of hydrogen-bond acceptors (Lipinski definition) is 4. The molecule has 0 bridgehead atoms. The monoisotopic (exact) mass is 296 g/mol. The van der Waals surface area contributed by atoms with E-state index in [0.717, 1.165) is 17.0 Å². The molecule has 0 unspecified atom stereocenters. The quantitative estimate of drug-likeness (QED) is 0.786. The fraction of sp³-hybridized carbons (Fsp3) is 0.294. The van der Waals surface area contributed by atoms with Gasteiger partial charge in [0.1, 0.15) is 17.9 Å². The Hall–Kier alpha value is -2.40. The molecule has 1 N–H and O–H groups in total. The summed E-state index contributed by atoms with van der Waals surface area (Å²) in [4.78, 5) is 0. The summed E-state index contributed by atoms with van der Waals surface area (Å²) >= 11 is 0. The van der Waals surface area contributed by atoms with Gasteiger partial charge in [-0.15, -0.1) is 10.2 Å². The van der Waals surface area contributed by atoms with Crippen molar-refractivity contribution in [1.29, 1.82) is 0 Å². The first kappa shape index (κ1) is 14.5. The van der Waals surface area contributed by atoms with Gasteiger partial charge in [0.15, 0.2) is 0 Å². The third kappa shape index (κ3) is 2.67. The van der Waals surface area contributed by atoms with Crippen molar-refractivity contribution in [2.75, 3.05) is 7.11 Å². The standard InChI is InChI=1S/C17H20N4O/c1-12(18-10-17-20-19-11-21(17)2)13-8-9-16(22-3)15-7-5-4-6-14(13)15/h4-9,11-12,18H,10H2,1-3H3/t12-/m1/s1. The average Bonchev–Trinajstić information content (AvgIpc) is 2.96. The van der Waals surface area contributed by atoms with Gasteiger partial charge in [-0.3, -0.25) is 0 Å². The maximum Gasteiger partial charge on any atom is 0.146 e. The minimum Gasteiger partial charge on any atom is -0.496 e. The van der Waals surface area contributed by atoms with Gasteiger partial charge in [0.05, 0.1) is 13.7 Å². The maximum atomic E-state index is 5.45. The molecular formula is C17H20N4O. The number of nitrogens with one attached hydrogen (secondary N) is 1. The summed E-state index contributed by atoms with van der Waals surface area (Å²) < 4.78 is 7.38. The molecule has 0 amide bonds. The van der Waals surface area contributed by atoms with E-state index in [0.29, 0.717) is 6.54 Å². The summed E-state index contributed by atoms with van der Waals surface area (Å²) in [5.41, 5.74) is 1.25. The molecule has 0 saturated heterocycles. The average molecular weight is 296 g/mol. The van der Waals surface area contributed by atoms with Gasteiger partial charge in [-0.25, -0.2) is 0 Å². The number of aryl methyl sites for hydroxylation is 1. The molecular weight excluding hydrogens is 276 g/mol. The third-order valence-electron chi connectivity index (χ3n) is 3.98. The van der Waals surface area contributed by atoms with E-state index in [1.807, 2.05) is 23.7 Å². The normalized spacial score (nSPS) is 12.5. The Balaban J connectivity index is 1.88. The van der Waals surface area contributed by atoms with Gasteiger partial charge in [0, 0.05) is 18.5 Å². The van der Waals surface area contributed by atoms with Crippen molar-refractivity contribution in [2.45, 2.75) is 19.5 Å². The Morgan fingerprint density at radius 1 is 1.18 bits per heavy atom. The summed E-state index contributed by atoms with van der Waals surface area (Å²) in [5, 5.41) is 13.9. The molecule has 22 heavy (non-hydrogen) atoms. The molecule has 0 aliphatic rings. The number of methoxy groups -OCH3 is 1. The molecule has 1 atom stereocenters. The smallest absolute Gasteiger partial charge is 0.146 e. The maximum absolute atomic E-state index is 5.45. The SMILES string of the molecule is COc1ccc([C@@H](C)NCc2nncn2C)c2ccccc12. The summed E-state index contributed by atoms with van der Waals surface area (Å²) in [7, 11) is 3.65. The van der Waals surface area contributed by atoms with Gasteiger partial charge in [-0.1, -0.05) is 30.3 Å². The van der Waals surface area contributed by atoms with Crippen LogP contribution in [-0.4, -0.2) is 21.9 Å². The molecule has 1 aromatic heterocycles. The second-order valence-electron chi connectivity index (χ2n) is 5.36. The van der Waals surface area contributed by atoms with E-state index in [-0.39, 0.29) is 6.04 Å². The largest absolute Gasteiger partial charge is 0.496 e. The minimum absolute atomic E-state index is 0.201. The zero-order valence-corrected chi connectivity index (χ0v) is 13.1. The van der Waals surface area contributed by atoms with Crippen molar-refractivity contribution in [3.05, 3.63) is 54.1 Å². The highest BCUT2D eigenvalue weighted by Gasteiger charge is 2.12. The van der Waals surface area contributed by atoms with Crippen LogP contribution in [0.1, 0.15) is 24.4 Å². The predicted octanol–water partition coefficient (Wildman–Crippen LogP) is 2.83. The minimum atomic E-state index is 0.201. The fourth-order valence-electron chi connectivity index (χ4n) is 2.67. The van der Waals surface area contributed by atoms with E-state index in [2.05, 4.69) is 46.7 Å². The van der Waals surface area contributed by atoms with Gasteiger partial charge in [0.2, 0.25) is 0 Å². The van der Waals surface area contributed by atoms with Crippen LogP contribution in [0.15, 0.2) is 42.7 Å². The molecule has 0 aliphatic carbocycles. The van der Waals surface area contributed by atoms with Crippen LogP contribution >= 0.6 is 0 Å². The fourth-order valence-corrected chi connectivity index (χ4v) is 2.67. The third-order valence-corrected chi connectivity index (χ3v) is 3.98. The zero-order valence-electron chi connectivity index (χ0n) is 13.1. The molecule has 0 aliphatic heterocycles. The van der Waals surface area contributed by atoms with Gasteiger partial charge in [-0.2, -0.15) is 0 Å². The van der Waals surface area contributed by atoms with Gasteiger partial charge < -0.3 is 14.6 Å². The second kappa shape index (κ2) is 6.15.